The molecule has 3 N–H and O–H groups in total. The summed E-state index contributed by atoms with van der Waals surface area (Å²) in [5, 5.41) is 17.6. The smallest absolute Gasteiger partial charge is 0.184 e. The maximum absolute atomic E-state index is 9.18. The topological polar surface area (TPSA) is 82.9 Å². The first-order valence-electron chi connectivity index (χ1n) is 3.01. The van der Waals surface area contributed by atoms with Crippen LogP contribution in [-0.4, -0.2) is 10.1 Å². The summed E-state index contributed by atoms with van der Waals surface area (Å²) in [6.07, 6.45) is 0. The van der Waals surface area contributed by atoms with E-state index in [0.29, 0.717) is 5.56 Å². The summed E-state index contributed by atoms with van der Waals surface area (Å²) < 4.78 is 0. The second-order valence-electron chi connectivity index (χ2n) is 2.17. The summed E-state index contributed by atoms with van der Waals surface area (Å²) in [5.74, 6) is 0.151. The molecule has 0 radical (unpaired) electrons. The summed E-state index contributed by atoms with van der Waals surface area (Å²) in [7, 11) is 0. The van der Waals surface area contributed by atoms with Gasteiger partial charge in [-0.15, -0.1) is 0 Å². The van der Waals surface area contributed by atoms with Gasteiger partial charge in [0.1, 0.15) is 11.9 Å². The molecule has 4 heteroatoms. The lowest BCUT2D eigenvalue weighted by Gasteiger charge is -2.00. The maximum atomic E-state index is 9.18. The third-order valence-electron chi connectivity index (χ3n) is 1.31. The Kier molecular flexibility index (Phi) is 1.65. The summed E-state index contributed by atoms with van der Waals surface area (Å²) in [6.45, 7) is 1.66. The molecule has 4 nitrogen and oxygen atoms in total. The van der Waals surface area contributed by atoms with Crippen molar-refractivity contribution in [1.29, 1.82) is 5.26 Å². The van der Waals surface area contributed by atoms with Gasteiger partial charge in [-0.1, -0.05) is 0 Å². The lowest BCUT2D eigenvalue weighted by molar-refractivity contribution is 0.466. The molecule has 0 saturated heterocycles. The molecular weight excluding hydrogens is 142 g/mol. The maximum Gasteiger partial charge on any atom is 0.184 e. The monoisotopic (exact) mass is 149 g/mol. The highest BCUT2D eigenvalue weighted by Crippen LogP contribution is 2.20. The van der Waals surface area contributed by atoms with Gasteiger partial charge in [0, 0.05) is 0 Å². The van der Waals surface area contributed by atoms with E-state index in [-0.39, 0.29) is 17.3 Å². The first kappa shape index (κ1) is 7.35. The lowest BCUT2D eigenvalue weighted by Crippen LogP contribution is -1.94. The normalized spacial score (nSPS) is 9.09. The molecule has 0 fully saturated rings. The first-order valence-corrected chi connectivity index (χ1v) is 3.01. The van der Waals surface area contributed by atoms with Crippen LogP contribution >= 0.6 is 0 Å². The minimum atomic E-state index is -0.0956. The molecule has 0 unspecified atom stereocenters. The predicted molar refractivity (Wildman–Crippen MR) is 39.8 cm³/mol. The fourth-order valence-corrected chi connectivity index (χ4v) is 0.769. The number of aromatic nitrogens is 1. The number of hydrogen-bond donors (Lipinski definition) is 2. The minimum absolute atomic E-state index is 0.0255. The molecule has 1 rings (SSSR count). The van der Waals surface area contributed by atoms with Gasteiger partial charge in [0.25, 0.3) is 0 Å². The second kappa shape index (κ2) is 2.46. The summed E-state index contributed by atoms with van der Waals surface area (Å²) in [6, 6.07) is 3.25. The van der Waals surface area contributed by atoms with Crippen molar-refractivity contribution in [2.75, 3.05) is 5.73 Å². The van der Waals surface area contributed by atoms with E-state index in [9.17, 15) is 5.11 Å². The van der Waals surface area contributed by atoms with Crippen molar-refractivity contribution in [1.82, 2.24) is 4.98 Å². The molecule has 0 spiro atoms. The van der Waals surface area contributed by atoms with Crippen LogP contribution in [0, 0.1) is 18.3 Å². The van der Waals surface area contributed by atoms with E-state index in [1.165, 1.54) is 6.07 Å². The number of anilines is 1. The van der Waals surface area contributed by atoms with Gasteiger partial charge < -0.3 is 10.8 Å². The van der Waals surface area contributed by atoms with Gasteiger partial charge in [0.05, 0.1) is 0 Å². The Bertz CT molecular complexity index is 327. The molecule has 0 amide bonds. The van der Waals surface area contributed by atoms with Crippen molar-refractivity contribution in [2.24, 2.45) is 0 Å². The molecule has 1 heterocycles. The van der Waals surface area contributed by atoms with Crippen LogP contribution in [0.25, 0.3) is 0 Å². The molecule has 0 aliphatic rings. The van der Waals surface area contributed by atoms with E-state index in [0.717, 1.165) is 0 Å². The van der Waals surface area contributed by atoms with Crippen LogP contribution in [0.5, 0.6) is 5.75 Å². The van der Waals surface area contributed by atoms with E-state index >= 15 is 0 Å². The standard InChI is InChI=1S/C7H7N3O/c1-4-2-6(9)10-5(3-8)7(4)11/h2,11H,1H3,(H2,9,10). The Hall–Kier alpha value is -1.76. The summed E-state index contributed by atoms with van der Waals surface area (Å²) >= 11 is 0. The van der Waals surface area contributed by atoms with Gasteiger partial charge in [-0.3, -0.25) is 0 Å². The zero-order valence-corrected chi connectivity index (χ0v) is 6.00. The van der Waals surface area contributed by atoms with Crippen LogP contribution in [0.1, 0.15) is 11.3 Å². The average molecular weight is 149 g/mol. The Balaban J connectivity index is 3.39. The summed E-state index contributed by atoms with van der Waals surface area (Å²) in [5.41, 5.74) is 5.87. The quantitative estimate of drug-likeness (QED) is 0.564. The van der Waals surface area contributed by atoms with Gasteiger partial charge >= 0.3 is 0 Å². The molecule has 0 aliphatic carbocycles. The molecular formula is C7H7N3O. The van der Waals surface area contributed by atoms with Crippen molar-refractivity contribution < 1.29 is 5.11 Å². The lowest BCUT2D eigenvalue weighted by atomic mass is 10.2. The van der Waals surface area contributed by atoms with Crippen LogP contribution in [-0.2, 0) is 0 Å². The molecule has 56 valence electrons. The molecule has 0 aliphatic heterocycles. The van der Waals surface area contributed by atoms with Crippen LogP contribution in [0.15, 0.2) is 6.07 Å². The number of aryl methyl sites for hydroxylation is 1. The summed E-state index contributed by atoms with van der Waals surface area (Å²) in [4.78, 5) is 3.62. The Morgan fingerprint density at radius 2 is 2.36 bits per heavy atom. The van der Waals surface area contributed by atoms with Crippen LogP contribution in [0.2, 0.25) is 0 Å². The Labute approximate surface area is 63.9 Å². The number of nitrogens with two attached hydrogens (primary N) is 1. The molecule has 1 aromatic rings. The van der Waals surface area contributed by atoms with Gasteiger partial charge in [-0.05, 0) is 18.6 Å². The SMILES string of the molecule is Cc1cc(N)nc(C#N)c1O. The highest BCUT2D eigenvalue weighted by atomic mass is 16.3. The number of rotatable bonds is 0. The van der Waals surface area contributed by atoms with E-state index in [4.69, 9.17) is 11.0 Å². The molecule has 0 atom stereocenters. The van der Waals surface area contributed by atoms with Crippen molar-refractivity contribution in [3.8, 4) is 11.8 Å². The van der Waals surface area contributed by atoms with E-state index < -0.39 is 0 Å². The zero-order chi connectivity index (χ0) is 8.43. The van der Waals surface area contributed by atoms with Gasteiger partial charge in [0.15, 0.2) is 11.4 Å². The van der Waals surface area contributed by atoms with Gasteiger partial charge in [-0.25, -0.2) is 4.98 Å². The zero-order valence-electron chi connectivity index (χ0n) is 6.00. The van der Waals surface area contributed by atoms with Crippen molar-refractivity contribution >= 4 is 5.82 Å². The molecule has 0 aromatic carbocycles. The largest absolute Gasteiger partial charge is 0.505 e. The van der Waals surface area contributed by atoms with E-state index in [1.807, 2.05) is 0 Å². The van der Waals surface area contributed by atoms with Gasteiger partial charge in [-0.2, -0.15) is 5.26 Å². The highest BCUT2D eigenvalue weighted by Gasteiger charge is 2.05. The molecule has 11 heavy (non-hydrogen) atoms. The van der Waals surface area contributed by atoms with Crippen molar-refractivity contribution in [3.05, 3.63) is 17.3 Å². The van der Waals surface area contributed by atoms with Crippen LogP contribution in [0.3, 0.4) is 0 Å². The number of nitriles is 1. The second-order valence-corrected chi connectivity index (χ2v) is 2.17. The highest BCUT2D eigenvalue weighted by molar-refractivity contribution is 5.48. The van der Waals surface area contributed by atoms with E-state index in [1.54, 1.807) is 13.0 Å². The van der Waals surface area contributed by atoms with Crippen molar-refractivity contribution in [3.63, 3.8) is 0 Å². The van der Waals surface area contributed by atoms with Gasteiger partial charge in [0.2, 0.25) is 0 Å². The number of hydrogen-bond acceptors (Lipinski definition) is 4. The van der Waals surface area contributed by atoms with E-state index in [2.05, 4.69) is 4.98 Å². The Morgan fingerprint density at radius 3 is 2.91 bits per heavy atom. The number of aromatic hydroxyl groups is 1. The molecule has 0 bridgehead atoms. The van der Waals surface area contributed by atoms with Crippen molar-refractivity contribution in [2.45, 2.75) is 6.92 Å². The third-order valence-corrected chi connectivity index (χ3v) is 1.31. The molecule has 1 aromatic heterocycles. The van der Waals surface area contributed by atoms with Crippen LogP contribution < -0.4 is 5.73 Å². The minimum Gasteiger partial charge on any atom is -0.505 e. The number of nitrogens with zero attached hydrogens (tertiary/aromatic N) is 2. The average Bonchev–Trinajstić information content (AvgIpc) is 1.96. The van der Waals surface area contributed by atoms with Crippen LogP contribution in [0.4, 0.5) is 5.82 Å². The fourth-order valence-electron chi connectivity index (χ4n) is 0.769. The molecule has 0 saturated carbocycles. The predicted octanol–water partition coefficient (Wildman–Crippen LogP) is 0.549. The fraction of sp³-hybridized carbons (Fsp3) is 0.143. The third kappa shape index (κ3) is 1.22. The Morgan fingerprint density at radius 1 is 1.73 bits per heavy atom. The number of pyridine rings is 1. The number of nitrogen functional groups attached to an aromatic ring is 1. The first-order chi connectivity index (χ1) is 5.15.